The summed E-state index contributed by atoms with van der Waals surface area (Å²) in [7, 11) is -0.691. The number of pyridine rings is 1. The van der Waals surface area contributed by atoms with Gasteiger partial charge in [0, 0.05) is 51.9 Å². The second-order valence-corrected chi connectivity index (χ2v) is 20.1. The number of halogens is 3. The molecule has 2 amide bonds. The van der Waals surface area contributed by atoms with Crippen LogP contribution >= 0.6 is 47.8 Å². The standard InChI is InChI=1S/C43H49ClN4O8S2.2ClH/c1-8-25-19-43(25,41(51)47-58(52,53)28-11-12-28)20-35(49)34-17-27(56-39-30-16-26(44)10-13-29(30)37(55-7)21-45-39)22-48(34)40(50)32(42(3,4)5)18-38-46-33(23-57-38)31-15-24(2)9-14-36(31)54-6;;/h8-10,13-16,21,23,25,27-28,32,34H,1,11-12,17-20,22H2,2-7H3,(H,47,51);2*1H/t25-,27-,32-,34+,43-;;/m1../s1. The maximum atomic E-state index is 15.0. The number of methoxy groups -OCH3 is 2. The predicted molar refractivity (Wildman–Crippen MR) is 238 cm³/mol. The Labute approximate surface area is 372 Å². The molecule has 12 nitrogen and oxygen atoms in total. The van der Waals surface area contributed by atoms with Crippen LogP contribution in [0.15, 0.2) is 60.6 Å². The number of aryl methyl sites for hydroxylation is 1. The lowest BCUT2D eigenvalue weighted by molar-refractivity contribution is -0.144. The fraction of sp³-hybridized carbons (Fsp3) is 0.465. The fourth-order valence-electron chi connectivity index (χ4n) is 8.01. The SMILES string of the molecule is C=C[C@@H]1C[C@]1(CC(=O)[C@@H]1C[C@@H](Oc2ncc(OC)c3ccc(Cl)cc23)CN1C(=O)[C@@H](Cc1nc(-c2cc(C)ccc2OC)cs1)C(C)(C)C)C(=O)NS(=O)(=O)C1CC1.Cl.Cl. The molecular formula is C43H51Cl3N4O8S2. The average molecular weight is 922 g/mol. The molecule has 17 heteroatoms. The Morgan fingerprint density at radius 3 is 2.43 bits per heavy atom. The summed E-state index contributed by atoms with van der Waals surface area (Å²) in [6.45, 7) is 11.9. The Kier molecular flexibility index (Phi) is 14.3. The molecule has 7 rings (SSSR count). The minimum absolute atomic E-state index is 0. The second-order valence-electron chi connectivity index (χ2n) is 16.8. The van der Waals surface area contributed by atoms with Gasteiger partial charge in [0.1, 0.15) is 17.6 Å². The van der Waals surface area contributed by atoms with E-state index >= 15 is 4.79 Å². The molecule has 3 aliphatic rings. The van der Waals surface area contributed by atoms with Gasteiger partial charge in [0.15, 0.2) is 5.78 Å². The number of Topliss-reactive ketones (excluding diaryl/α,β-unsaturated/α-hetero) is 1. The van der Waals surface area contributed by atoms with E-state index < -0.39 is 56.0 Å². The van der Waals surface area contributed by atoms with Crippen LogP contribution in [0.5, 0.6) is 17.4 Å². The minimum Gasteiger partial charge on any atom is -0.496 e. The third kappa shape index (κ3) is 9.57. The first-order valence-corrected chi connectivity index (χ1v) is 22.2. The van der Waals surface area contributed by atoms with E-state index in [1.165, 1.54) is 11.3 Å². The molecular weight excluding hydrogens is 871 g/mol. The lowest BCUT2D eigenvalue weighted by Crippen LogP contribution is -2.48. The molecule has 4 aromatic rings. The van der Waals surface area contributed by atoms with Crippen LogP contribution in [0.2, 0.25) is 5.02 Å². The zero-order valence-electron chi connectivity index (χ0n) is 34.4. The van der Waals surface area contributed by atoms with Crippen molar-refractivity contribution in [2.75, 3.05) is 20.8 Å². The van der Waals surface area contributed by atoms with E-state index in [-0.39, 0.29) is 68.2 Å². The van der Waals surface area contributed by atoms with Crippen molar-refractivity contribution in [1.82, 2.24) is 19.6 Å². The van der Waals surface area contributed by atoms with Gasteiger partial charge in [-0.1, -0.05) is 50.1 Å². The van der Waals surface area contributed by atoms with E-state index in [4.69, 9.17) is 30.8 Å². The molecule has 3 fully saturated rings. The topological polar surface area (TPSA) is 154 Å². The number of hydrogen-bond donors (Lipinski definition) is 1. The molecule has 1 aliphatic heterocycles. The summed E-state index contributed by atoms with van der Waals surface area (Å²) in [5, 5.41) is 3.92. The lowest BCUT2D eigenvalue weighted by atomic mass is 9.77. The number of thiazole rings is 1. The van der Waals surface area contributed by atoms with Crippen LogP contribution in [-0.4, -0.2) is 79.0 Å². The number of carbonyl (C=O) groups is 3. The number of rotatable bonds is 15. The van der Waals surface area contributed by atoms with Crippen molar-refractivity contribution in [3.8, 4) is 28.6 Å². The molecule has 2 aliphatic carbocycles. The number of amides is 2. The van der Waals surface area contributed by atoms with E-state index in [1.807, 2.05) is 57.3 Å². The highest BCUT2D eigenvalue weighted by molar-refractivity contribution is 7.90. The fourth-order valence-corrected chi connectivity index (χ4v) is 10.4. The summed E-state index contributed by atoms with van der Waals surface area (Å²) < 4.78 is 45.6. The summed E-state index contributed by atoms with van der Waals surface area (Å²) >= 11 is 7.86. The zero-order chi connectivity index (χ0) is 41.7. The molecule has 324 valence electrons. The Bertz CT molecular complexity index is 2400. The van der Waals surface area contributed by atoms with Crippen molar-refractivity contribution < 1.29 is 37.0 Å². The van der Waals surface area contributed by atoms with Gasteiger partial charge in [-0.3, -0.25) is 19.1 Å². The normalized spacial score (nSPS) is 21.6. The van der Waals surface area contributed by atoms with Crippen molar-refractivity contribution in [2.45, 2.75) is 83.6 Å². The molecule has 3 heterocycles. The highest BCUT2D eigenvalue weighted by atomic mass is 35.5. The second kappa shape index (κ2) is 18.2. The molecule has 60 heavy (non-hydrogen) atoms. The number of fused-ring (bicyclic) bond motifs is 1. The van der Waals surface area contributed by atoms with Gasteiger partial charge >= 0.3 is 0 Å². The number of ketones is 1. The van der Waals surface area contributed by atoms with Gasteiger partial charge in [0.2, 0.25) is 27.7 Å². The average Bonchev–Trinajstić information content (AvgIpc) is 4.07. The van der Waals surface area contributed by atoms with E-state index in [0.29, 0.717) is 41.2 Å². The number of hydrogen-bond acceptors (Lipinski definition) is 11. The van der Waals surface area contributed by atoms with Crippen LogP contribution in [0.4, 0.5) is 0 Å². The number of ether oxygens (including phenoxy) is 3. The first-order valence-electron chi connectivity index (χ1n) is 19.4. The van der Waals surface area contributed by atoms with Crippen molar-refractivity contribution in [1.29, 1.82) is 0 Å². The third-order valence-corrected chi connectivity index (χ3v) is 14.6. The maximum Gasteiger partial charge on any atom is 0.240 e. The van der Waals surface area contributed by atoms with Gasteiger partial charge in [0.25, 0.3) is 0 Å². The summed E-state index contributed by atoms with van der Waals surface area (Å²) in [5.74, 6) is -0.793. The van der Waals surface area contributed by atoms with Crippen LogP contribution in [-0.2, 0) is 30.8 Å². The largest absolute Gasteiger partial charge is 0.496 e. The Morgan fingerprint density at radius 1 is 1.08 bits per heavy atom. The maximum absolute atomic E-state index is 15.0. The quantitative estimate of drug-likeness (QED) is 0.116. The number of nitrogens with one attached hydrogen (secondary N) is 1. The number of benzene rings is 2. The molecule has 0 spiro atoms. The van der Waals surface area contributed by atoms with Crippen LogP contribution in [0, 0.1) is 29.6 Å². The van der Waals surface area contributed by atoms with Gasteiger partial charge in [-0.15, -0.1) is 42.7 Å². The summed E-state index contributed by atoms with van der Waals surface area (Å²) in [5.41, 5.74) is 0.830. The van der Waals surface area contributed by atoms with Gasteiger partial charge in [0.05, 0.1) is 54.4 Å². The van der Waals surface area contributed by atoms with Gasteiger partial charge < -0.3 is 19.1 Å². The number of allylic oxidation sites excluding steroid dienone is 1. The Hall–Kier alpha value is -3.95. The number of likely N-dealkylation sites (tertiary alicyclic amines) is 1. The van der Waals surface area contributed by atoms with Crippen LogP contribution in [0.1, 0.15) is 63.4 Å². The van der Waals surface area contributed by atoms with Crippen LogP contribution in [0.25, 0.3) is 22.0 Å². The van der Waals surface area contributed by atoms with Crippen molar-refractivity contribution in [3.05, 3.63) is 76.2 Å². The monoisotopic (exact) mass is 920 g/mol. The van der Waals surface area contributed by atoms with Crippen molar-refractivity contribution >= 4 is 86.1 Å². The van der Waals surface area contributed by atoms with E-state index in [2.05, 4.69) is 16.3 Å². The minimum atomic E-state index is -3.86. The first-order chi connectivity index (χ1) is 27.5. The number of aromatic nitrogens is 2. The van der Waals surface area contributed by atoms with Crippen molar-refractivity contribution in [3.63, 3.8) is 0 Å². The van der Waals surface area contributed by atoms with E-state index in [0.717, 1.165) is 27.2 Å². The molecule has 0 bridgehead atoms. The van der Waals surface area contributed by atoms with E-state index in [1.54, 1.807) is 43.5 Å². The Morgan fingerprint density at radius 2 is 1.80 bits per heavy atom. The summed E-state index contributed by atoms with van der Waals surface area (Å²) in [6.07, 6.45) is 3.93. The molecule has 2 saturated carbocycles. The van der Waals surface area contributed by atoms with Gasteiger partial charge in [-0.25, -0.2) is 18.4 Å². The number of carbonyl (C=O) groups excluding carboxylic acids is 3. The third-order valence-electron chi connectivity index (χ3n) is 11.7. The van der Waals surface area contributed by atoms with Crippen LogP contribution in [0.3, 0.4) is 0 Å². The highest BCUT2D eigenvalue weighted by Gasteiger charge is 2.61. The van der Waals surface area contributed by atoms with Gasteiger partial charge in [-0.2, -0.15) is 0 Å². The highest BCUT2D eigenvalue weighted by Crippen LogP contribution is 2.57. The predicted octanol–water partition coefficient (Wildman–Crippen LogP) is 8.19. The number of sulfonamides is 1. The molecule has 1 N–H and O–H groups in total. The smallest absolute Gasteiger partial charge is 0.240 e. The van der Waals surface area contributed by atoms with Gasteiger partial charge in [-0.05, 0) is 67.9 Å². The van der Waals surface area contributed by atoms with Crippen LogP contribution < -0.4 is 18.9 Å². The lowest BCUT2D eigenvalue weighted by Gasteiger charge is -2.35. The summed E-state index contributed by atoms with van der Waals surface area (Å²) in [4.78, 5) is 54.4. The summed E-state index contributed by atoms with van der Waals surface area (Å²) in [6, 6.07) is 10.2. The molecule has 0 radical (unpaired) electrons. The molecule has 0 unspecified atom stereocenters. The molecule has 5 atom stereocenters. The van der Waals surface area contributed by atoms with E-state index in [9.17, 15) is 18.0 Å². The number of nitrogens with zero attached hydrogens (tertiary/aromatic N) is 3. The van der Waals surface area contributed by atoms with Crippen molar-refractivity contribution in [2.24, 2.45) is 22.7 Å². The molecule has 2 aromatic carbocycles. The Balaban J connectivity index is 0.00000341. The first kappa shape index (κ1) is 47.1. The zero-order valence-corrected chi connectivity index (χ0v) is 38.4. The molecule has 1 saturated heterocycles. The molecule has 2 aromatic heterocycles.